The molecule has 1 fully saturated rings. The van der Waals surface area contributed by atoms with Crippen LogP contribution in [0.4, 0.5) is 5.69 Å². The molecule has 2 N–H and O–H groups in total. The van der Waals surface area contributed by atoms with Crippen LogP contribution >= 0.6 is 11.8 Å². The molecule has 0 radical (unpaired) electrons. The van der Waals surface area contributed by atoms with Gasteiger partial charge in [-0.2, -0.15) is 0 Å². The second kappa shape index (κ2) is 8.59. The van der Waals surface area contributed by atoms with Gasteiger partial charge in [0.25, 0.3) is 11.8 Å². The number of thioether (sulfide) groups is 1. The largest absolute Gasteiger partial charge is 0.484 e. The van der Waals surface area contributed by atoms with Gasteiger partial charge in [-0.25, -0.2) is 5.01 Å². The van der Waals surface area contributed by atoms with Gasteiger partial charge in [-0.1, -0.05) is 30.3 Å². The van der Waals surface area contributed by atoms with E-state index in [0.717, 1.165) is 5.56 Å². The minimum Gasteiger partial charge on any atom is -0.484 e. The minimum absolute atomic E-state index is 0.151. The summed E-state index contributed by atoms with van der Waals surface area (Å²) in [5.74, 6) is 0.0652. The molecule has 27 heavy (non-hydrogen) atoms. The average Bonchev–Trinajstić information content (AvgIpc) is 3.02. The van der Waals surface area contributed by atoms with Crippen molar-refractivity contribution in [2.24, 2.45) is 0 Å². The zero-order valence-corrected chi connectivity index (χ0v) is 15.5. The van der Waals surface area contributed by atoms with Crippen LogP contribution in [-0.2, 0) is 14.4 Å². The summed E-state index contributed by atoms with van der Waals surface area (Å²) in [6.45, 7) is 1.20. The van der Waals surface area contributed by atoms with E-state index in [4.69, 9.17) is 4.74 Å². The summed E-state index contributed by atoms with van der Waals surface area (Å²) in [5, 5.41) is 3.75. The van der Waals surface area contributed by atoms with Crippen LogP contribution in [0.5, 0.6) is 5.75 Å². The number of ether oxygens (including phenoxy) is 1. The van der Waals surface area contributed by atoms with E-state index in [1.54, 1.807) is 24.3 Å². The van der Waals surface area contributed by atoms with E-state index in [2.05, 4.69) is 10.7 Å². The molecule has 2 aromatic carbocycles. The summed E-state index contributed by atoms with van der Waals surface area (Å²) in [7, 11) is 0. The summed E-state index contributed by atoms with van der Waals surface area (Å²) in [6, 6.07) is 16.2. The maximum Gasteiger partial charge on any atom is 0.276 e. The Morgan fingerprint density at radius 1 is 1.15 bits per heavy atom. The first kappa shape index (κ1) is 18.8. The Hall–Kier alpha value is -3.00. The standard InChI is InChI=1S/C19H19N3O4S/c1-13(23)20-15-7-9-16(10-8-15)26-11-17(24)21-22-18(25)12-27-19(22)14-5-3-2-4-6-14/h2-10,19H,11-12H2,1H3,(H,20,23)(H,21,24). The van der Waals surface area contributed by atoms with Crippen molar-refractivity contribution in [3.63, 3.8) is 0 Å². The maximum atomic E-state index is 12.2. The van der Waals surface area contributed by atoms with E-state index in [9.17, 15) is 14.4 Å². The number of carbonyl (C=O) groups excluding carboxylic acids is 3. The molecule has 140 valence electrons. The Kier molecular flexibility index (Phi) is 5.97. The Morgan fingerprint density at radius 2 is 1.85 bits per heavy atom. The van der Waals surface area contributed by atoms with Crippen LogP contribution in [0, 0.1) is 0 Å². The molecule has 0 bridgehead atoms. The highest BCUT2D eigenvalue weighted by Gasteiger charge is 2.34. The number of nitrogens with one attached hydrogen (secondary N) is 2. The zero-order chi connectivity index (χ0) is 19.2. The number of carbonyl (C=O) groups is 3. The molecule has 0 aliphatic carbocycles. The zero-order valence-electron chi connectivity index (χ0n) is 14.7. The van der Waals surface area contributed by atoms with Crippen molar-refractivity contribution in [1.29, 1.82) is 0 Å². The highest BCUT2D eigenvalue weighted by molar-refractivity contribution is 8.00. The molecule has 1 unspecified atom stereocenters. The number of anilines is 1. The molecule has 1 aliphatic rings. The molecule has 1 saturated heterocycles. The summed E-state index contributed by atoms with van der Waals surface area (Å²) < 4.78 is 5.44. The SMILES string of the molecule is CC(=O)Nc1ccc(OCC(=O)NN2C(=O)CSC2c2ccccc2)cc1. The third kappa shape index (κ3) is 5.01. The monoisotopic (exact) mass is 385 g/mol. The van der Waals surface area contributed by atoms with Crippen molar-refractivity contribution in [3.8, 4) is 5.75 Å². The second-order valence-corrected chi connectivity index (χ2v) is 6.94. The summed E-state index contributed by atoms with van der Waals surface area (Å²) in [6.07, 6.45) is 0. The summed E-state index contributed by atoms with van der Waals surface area (Å²) in [5.41, 5.74) is 4.22. The van der Waals surface area contributed by atoms with Gasteiger partial charge in [0.15, 0.2) is 6.61 Å². The number of hydrazine groups is 1. The van der Waals surface area contributed by atoms with Gasteiger partial charge in [-0.05, 0) is 29.8 Å². The van der Waals surface area contributed by atoms with Crippen LogP contribution in [0.1, 0.15) is 17.9 Å². The maximum absolute atomic E-state index is 12.2. The normalized spacial score (nSPS) is 16.1. The van der Waals surface area contributed by atoms with Gasteiger partial charge >= 0.3 is 0 Å². The molecule has 1 aliphatic heterocycles. The van der Waals surface area contributed by atoms with Gasteiger partial charge in [0.2, 0.25) is 5.91 Å². The molecule has 0 aromatic heterocycles. The lowest BCUT2D eigenvalue weighted by Crippen LogP contribution is -2.46. The van der Waals surface area contributed by atoms with Crippen molar-refractivity contribution in [1.82, 2.24) is 10.4 Å². The first-order valence-corrected chi connectivity index (χ1v) is 9.36. The molecular weight excluding hydrogens is 366 g/mol. The van der Waals surface area contributed by atoms with E-state index >= 15 is 0 Å². The van der Waals surface area contributed by atoms with Crippen molar-refractivity contribution in [3.05, 3.63) is 60.2 Å². The highest BCUT2D eigenvalue weighted by atomic mass is 32.2. The molecule has 7 nitrogen and oxygen atoms in total. The first-order valence-electron chi connectivity index (χ1n) is 8.31. The van der Waals surface area contributed by atoms with Crippen LogP contribution in [-0.4, -0.2) is 35.1 Å². The number of hydrogen-bond donors (Lipinski definition) is 2. The topological polar surface area (TPSA) is 87.7 Å². The number of rotatable bonds is 6. The molecule has 3 rings (SSSR count). The molecular formula is C19H19N3O4S. The molecule has 1 atom stereocenters. The van der Waals surface area contributed by atoms with Crippen LogP contribution in [0.15, 0.2) is 54.6 Å². The van der Waals surface area contributed by atoms with E-state index in [-0.39, 0.29) is 23.8 Å². The minimum atomic E-state index is -0.419. The van der Waals surface area contributed by atoms with Crippen molar-refractivity contribution >= 4 is 35.2 Å². The molecule has 8 heteroatoms. The lowest BCUT2D eigenvalue weighted by molar-refractivity contribution is -0.140. The van der Waals surface area contributed by atoms with Crippen molar-refractivity contribution < 1.29 is 19.1 Å². The van der Waals surface area contributed by atoms with Gasteiger partial charge < -0.3 is 10.1 Å². The smallest absolute Gasteiger partial charge is 0.276 e. The van der Waals surface area contributed by atoms with E-state index in [1.165, 1.54) is 23.7 Å². The van der Waals surface area contributed by atoms with Gasteiger partial charge in [0.1, 0.15) is 11.1 Å². The Bertz CT molecular complexity index is 827. The number of hydrogen-bond acceptors (Lipinski definition) is 5. The molecule has 3 amide bonds. The average molecular weight is 385 g/mol. The molecule has 0 saturated carbocycles. The van der Waals surface area contributed by atoms with Crippen LogP contribution < -0.4 is 15.5 Å². The fourth-order valence-corrected chi connectivity index (χ4v) is 3.67. The van der Waals surface area contributed by atoms with Gasteiger partial charge in [0, 0.05) is 12.6 Å². The van der Waals surface area contributed by atoms with Crippen molar-refractivity contribution in [2.45, 2.75) is 12.3 Å². The van der Waals surface area contributed by atoms with Crippen molar-refractivity contribution in [2.75, 3.05) is 17.7 Å². The summed E-state index contributed by atoms with van der Waals surface area (Å²) in [4.78, 5) is 35.3. The van der Waals surface area contributed by atoms with E-state index < -0.39 is 5.91 Å². The Labute approximate surface area is 161 Å². The lowest BCUT2D eigenvalue weighted by atomic mass is 10.2. The quantitative estimate of drug-likeness (QED) is 0.797. The molecule has 1 heterocycles. The van der Waals surface area contributed by atoms with Crippen LogP contribution in [0.3, 0.4) is 0 Å². The lowest BCUT2D eigenvalue weighted by Gasteiger charge is -2.24. The third-order valence-corrected chi connectivity index (χ3v) is 4.95. The predicted octanol–water partition coefficient (Wildman–Crippen LogP) is 2.33. The van der Waals surface area contributed by atoms with E-state index in [0.29, 0.717) is 17.2 Å². The second-order valence-electron chi connectivity index (χ2n) is 5.87. The number of benzene rings is 2. The Balaban J connectivity index is 1.55. The molecule has 2 aromatic rings. The highest BCUT2D eigenvalue weighted by Crippen LogP contribution is 2.36. The Morgan fingerprint density at radius 3 is 2.52 bits per heavy atom. The van der Waals surface area contributed by atoms with Gasteiger partial charge in [-0.15, -0.1) is 11.8 Å². The third-order valence-electron chi connectivity index (χ3n) is 3.74. The van der Waals surface area contributed by atoms with Gasteiger partial charge in [-0.3, -0.25) is 19.8 Å². The molecule has 0 spiro atoms. The summed E-state index contributed by atoms with van der Waals surface area (Å²) >= 11 is 1.46. The number of amides is 3. The van der Waals surface area contributed by atoms with Gasteiger partial charge in [0.05, 0.1) is 5.75 Å². The van der Waals surface area contributed by atoms with Crippen LogP contribution in [0.25, 0.3) is 0 Å². The first-order chi connectivity index (χ1) is 13.0. The fourth-order valence-electron chi connectivity index (χ4n) is 2.56. The van der Waals surface area contributed by atoms with E-state index in [1.807, 2.05) is 30.3 Å². The van der Waals surface area contributed by atoms with Crippen LogP contribution in [0.2, 0.25) is 0 Å². The predicted molar refractivity (Wildman–Crippen MR) is 103 cm³/mol. The fraction of sp³-hybridized carbons (Fsp3) is 0.211. The number of nitrogens with zero attached hydrogens (tertiary/aromatic N) is 1.